The summed E-state index contributed by atoms with van der Waals surface area (Å²) in [6.45, 7) is 16.4. The van der Waals surface area contributed by atoms with E-state index < -0.39 is 0 Å². The van der Waals surface area contributed by atoms with Crippen molar-refractivity contribution in [2.45, 2.75) is 47.0 Å². The Morgan fingerprint density at radius 2 is 1.88 bits per heavy atom. The fourth-order valence-corrected chi connectivity index (χ4v) is 1.91. The van der Waals surface area contributed by atoms with Crippen molar-refractivity contribution >= 4 is 12.0 Å². The van der Waals surface area contributed by atoms with Gasteiger partial charge in [-0.05, 0) is 51.7 Å². The predicted octanol–water partition coefficient (Wildman–Crippen LogP) is 5.86. The lowest BCUT2D eigenvalue weighted by Crippen LogP contribution is -1.96. The first kappa shape index (κ1) is 23.6. The van der Waals surface area contributed by atoms with Gasteiger partial charge in [0.1, 0.15) is 17.9 Å². The molecule has 0 fully saturated rings. The van der Waals surface area contributed by atoms with E-state index in [0.29, 0.717) is 36.5 Å². The van der Waals surface area contributed by atoms with Gasteiger partial charge in [0.2, 0.25) is 0 Å². The molecule has 0 N–H and O–H groups in total. The lowest BCUT2D eigenvalue weighted by atomic mass is 10.0. The molecule has 1 aromatic carbocycles. The third kappa shape index (κ3) is 9.82. The number of carbonyl (C=O) groups is 1. The van der Waals surface area contributed by atoms with E-state index in [1.165, 1.54) is 12.3 Å². The molecule has 0 saturated carbocycles. The fraction of sp³-hybridized carbons (Fsp3) is 0.409. The second-order valence-electron chi connectivity index (χ2n) is 5.70. The van der Waals surface area contributed by atoms with Crippen LogP contribution in [-0.2, 0) is 20.7 Å². The third-order valence-electron chi connectivity index (χ3n) is 3.56. The molecule has 0 radical (unpaired) electrons. The van der Waals surface area contributed by atoms with E-state index in [9.17, 15) is 9.18 Å². The first-order valence-corrected chi connectivity index (χ1v) is 8.90. The van der Waals surface area contributed by atoms with Crippen LogP contribution in [0.2, 0.25) is 0 Å². The van der Waals surface area contributed by atoms with Crippen LogP contribution in [0.25, 0.3) is 5.76 Å². The molecule has 0 amide bonds. The van der Waals surface area contributed by atoms with Crippen LogP contribution in [0, 0.1) is 5.82 Å². The highest BCUT2D eigenvalue weighted by Crippen LogP contribution is 2.20. The van der Waals surface area contributed by atoms with E-state index >= 15 is 0 Å². The summed E-state index contributed by atoms with van der Waals surface area (Å²) in [6.07, 6.45) is 4.68. The number of allylic oxidation sites excluding steroid dienone is 2. The summed E-state index contributed by atoms with van der Waals surface area (Å²) >= 11 is 0. The molecule has 0 aromatic heterocycles. The number of carbonyl (C=O) groups excluding carboxylic acids is 1. The van der Waals surface area contributed by atoms with E-state index in [4.69, 9.17) is 9.47 Å². The number of aldehydes is 1. The van der Waals surface area contributed by atoms with Gasteiger partial charge in [0.15, 0.2) is 0 Å². The van der Waals surface area contributed by atoms with Gasteiger partial charge in [0.25, 0.3) is 0 Å². The molecule has 0 unspecified atom stereocenters. The fourth-order valence-electron chi connectivity index (χ4n) is 1.91. The molecule has 3 nitrogen and oxygen atoms in total. The van der Waals surface area contributed by atoms with Gasteiger partial charge in [-0.2, -0.15) is 0 Å². The standard InChI is InChI=1S/C16H21FO.C6H10O2/c1-5-12(3)7-8-14-9-10-15(11-16(14)17)13(4)18-6-2;1-3-8-5-6(2)4-7/h9-11H,3-8H2,1-2H3;4-5H,3H2,1-2H3/b;6-5-. The van der Waals surface area contributed by atoms with Gasteiger partial charge in [-0.3, -0.25) is 4.79 Å². The Balaban J connectivity index is 0.000000660. The van der Waals surface area contributed by atoms with Crippen molar-refractivity contribution in [2.24, 2.45) is 0 Å². The molecule has 1 rings (SSSR count). The van der Waals surface area contributed by atoms with E-state index in [0.717, 1.165) is 30.3 Å². The van der Waals surface area contributed by atoms with Crippen molar-refractivity contribution in [1.29, 1.82) is 0 Å². The lowest BCUT2D eigenvalue weighted by molar-refractivity contribution is -0.105. The zero-order valence-corrected chi connectivity index (χ0v) is 16.4. The van der Waals surface area contributed by atoms with Gasteiger partial charge in [-0.15, -0.1) is 0 Å². The van der Waals surface area contributed by atoms with E-state index in [2.05, 4.69) is 20.1 Å². The van der Waals surface area contributed by atoms with E-state index in [1.807, 2.05) is 19.9 Å². The summed E-state index contributed by atoms with van der Waals surface area (Å²) in [4.78, 5) is 9.86. The smallest absolute Gasteiger partial charge is 0.148 e. The molecule has 144 valence electrons. The van der Waals surface area contributed by atoms with Gasteiger partial charge in [0.05, 0.1) is 19.5 Å². The quantitative estimate of drug-likeness (QED) is 0.226. The Kier molecular flexibility index (Phi) is 12.6. The third-order valence-corrected chi connectivity index (χ3v) is 3.56. The van der Waals surface area contributed by atoms with Gasteiger partial charge >= 0.3 is 0 Å². The van der Waals surface area contributed by atoms with Crippen molar-refractivity contribution in [2.75, 3.05) is 13.2 Å². The summed E-state index contributed by atoms with van der Waals surface area (Å²) in [6, 6.07) is 5.14. The normalized spacial score (nSPS) is 10.4. The first-order chi connectivity index (χ1) is 12.4. The number of ether oxygens (including phenoxy) is 2. The van der Waals surface area contributed by atoms with Crippen LogP contribution in [0.4, 0.5) is 4.39 Å². The summed E-state index contributed by atoms with van der Waals surface area (Å²) in [5, 5.41) is 0. The highest BCUT2D eigenvalue weighted by atomic mass is 19.1. The Bertz CT molecular complexity index is 618. The molecule has 0 aliphatic carbocycles. The summed E-state index contributed by atoms with van der Waals surface area (Å²) in [5.41, 5.74) is 3.19. The molecule has 0 heterocycles. The van der Waals surface area contributed by atoms with Crippen molar-refractivity contribution in [1.82, 2.24) is 0 Å². The zero-order valence-electron chi connectivity index (χ0n) is 16.4. The Morgan fingerprint density at radius 3 is 2.38 bits per heavy atom. The zero-order chi connectivity index (χ0) is 19.9. The number of hydrogen-bond acceptors (Lipinski definition) is 3. The van der Waals surface area contributed by atoms with Gasteiger partial charge in [0, 0.05) is 11.1 Å². The molecular formula is C22H31FO3. The summed E-state index contributed by atoms with van der Waals surface area (Å²) < 4.78 is 23.9. The molecule has 0 atom stereocenters. The number of aryl methyl sites for hydroxylation is 1. The molecule has 0 spiro atoms. The van der Waals surface area contributed by atoms with E-state index in [1.54, 1.807) is 13.0 Å². The van der Waals surface area contributed by atoms with Crippen molar-refractivity contribution < 1.29 is 18.7 Å². The molecule has 0 aliphatic rings. The highest BCUT2D eigenvalue weighted by molar-refractivity contribution is 5.71. The first-order valence-electron chi connectivity index (χ1n) is 8.90. The van der Waals surface area contributed by atoms with Crippen LogP contribution < -0.4 is 0 Å². The second-order valence-corrected chi connectivity index (χ2v) is 5.70. The molecule has 0 aliphatic heterocycles. The maximum Gasteiger partial charge on any atom is 0.148 e. The lowest BCUT2D eigenvalue weighted by Gasteiger charge is -2.09. The van der Waals surface area contributed by atoms with Crippen LogP contribution in [0.5, 0.6) is 0 Å². The predicted molar refractivity (Wildman–Crippen MR) is 106 cm³/mol. The topological polar surface area (TPSA) is 35.5 Å². The molecule has 26 heavy (non-hydrogen) atoms. The minimum atomic E-state index is -0.197. The minimum Gasteiger partial charge on any atom is -0.501 e. The largest absolute Gasteiger partial charge is 0.501 e. The van der Waals surface area contributed by atoms with Gasteiger partial charge in [-0.25, -0.2) is 4.39 Å². The second kappa shape index (κ2) is 13.9. The maximum atomic E-state index is 13.9. The Morgan fingerprint density at radius 1 is 1.19 bits per heavy atom. The minimum absolute atomic E-state index is 0.197. The van der Waals surface area contributed by atoms with Gasteiger partial charge < -0.3 is 9.47 Å². The number of rotatable bonds is 10. The molecule has 0 saturated heterocycles. The summed E-state index contributed by atoms with van der Waals surface area (Å²) in [5.74, 6) is 0.318. The molecule has 0 bridgehead atoms. The highest BCUT2D eigenvalue weighted by Gasteiger charge is 2.06. The molecule has 4 heteroatoms. The average Bonchev–Trinajstić information content (AvgIpc) is 2.65. The molecular weight excluding hydrogens is 331 g/mol. The summed E-state index contributed by atoms with van der Waals surface area (Å²) in [7, 11) is 0. The SMILES string of the molecule is C=C(CC)CCc1ccc(C(=C)OCC)cc1F.CCO/C=C(/C)C=O. The number of halogens is 1. The van der Waals surface area contributed by atoms with Crippen LogP contribution in [-0.4, -0.2) is 19.5 Å². The van der Waals surface area contributed by atoms with Crippen molar-refractivity contribution in [3.05, 3.63) is 65.7 Å². The van der Waals surface area contributed by atoms with E-state index in [-0.39, 0.29) is 5.82 Å². The van der Waals surface area contributed by atoms with Crippen LogP contribution in [0.3, 0.4) is 0 Å². The van der Waals surface area contributed by atoms with Crippen LogP contribution in [0.15, 0.2) is 48.8 Å². The molecule has 1 aromatic rings. The Labute approximate surface area is 157 Å². The monoisotopic (exact) mass is 362 g/mol. The van der Waals surface area contributed by atoms with Crippen LogP contribution in [0.1, 0.15) is 51.7 Å². The van der Waals surface area contributed by atoms with Crippen molar-refractivity contribution in [3.8, 4) is 0 Å². The van der Waals surface area contributed by atoms with Gasteiger partial charge in [-0.1, -0.05) is 37.8 Å². The maximum absolute atomic E-state index is 13.9. The van der Waals surface area contributed by atoms with Crippen molar-refractivity contribution in [3.63, 3.8) is 0 Å². The van der Waals surface area contributed by atoms with Crippen LogP contribution >= 0.6 is 0 Å². The number of benzene rings is 1. The average molecular weight is 362 g/mol. The Hall–Kier alpha value is -2.36. The number of hydrogen-bond donors (Lipinski definition) is 0.